The van der Waals surface area contributed by atoms with E-state index in [1.54, 1.807) is 12.1 Å². The Kier molecular flexibility index (Phi) is 4.48. The van der Waals surface area contributed by atoms with Gasteiger partial charge >= 0.3 is 0 Å². The third-order valence-electron chi connectivity index (χ3n) is 4.74. The van der Waals surface area contributed by atoms with Crippen LogP contribution in [0.3, 0.4) is 0 Å². The van der Waals surface area contributed by atoms with Crippen molar-refractivity contribution >= 4 is 17.5 Å². The Morgan fingerprint density at radius 3 is 3.00 bits per heavy atom. The van der Waals surface area contributed by atoms with Crippen molar-refractivity contribution in [2.75, 3.05) is 13.1 Å². The van der Waals surface area contributed by atoms with E-state index in [1.165, 1.54) is 38.8 Å². The van der Waals surface area contributed by atoms with Crippen molar-refractivity contribution in [1.29, 1.82) is 0 Å². The fraction of sp³-hybridized carbons (Fsp3) is 0.562. The van der Waals surface area contributed by atoms with E-state index in [4.69, 9.17) is 17.3 Å². The second-order valence-corrected chi connectivity index (χ2v) is 6.51. The monoisotopic (exact) mass is 307 g/mol. The number of halogens is 1. The van der Waals surface area contributed by atoms with Gasteiger partial charge in [-0.3, -0.25) is 4.79 Å². The highest BCUT2D eigenvalue weighted by atomic mass is 35.5. The van der Waals surface area contributed by atoms with Gasteiger partial charge in [0.1, 0.15) is 0 Å². The lowest BCUT2D eigenvalue weighted by Gasteiger charge is -2.35. The normalized spacial score (nSPS) is 25.8. The van der Waals surface area contributed by atoms with Crippen LogP contribution in [0.1, 0.15) is 41.6 Å². The fourth-order valence-electron chi connectivity index (χ4n) is 3.51. The van der Waals surface area contributed by atoms with E-state index in [-0.39, 0.29) is 0 Å². The second kappa shape index (κ2) is 6.34. The number of amides is 1. The molecule has 0 saturated carbocycles. The summed E-state index contributed by atoms with van der Waals surface area (Å²) in [5.41, 5.74) is 6.74. The molecule has 0 spiro atoms. The Morgan fingerprint density at radius 1 is 1.38 bits per heavy atom. The quantitative estimate of drug-likeness (QED) is 0.896. The Bertz CT molecular complexity index is 534. The highest BCUT2D eigenvalue weighted by Gasteiger charge is 2.31. The molecule has 4 nitrogen and oxygen atoms in total. The molecule has 2 aliphatic rings. The SMILES string of the molecule is NC(=O)c1ccc(CNC2CCN3CCCC3C2)c(Cl)c1. The van der Waals surface area contributed by atoms with E-state index in [9.17, 15) is 4.79 Å². The van der Waals surface area contributed by atoms with Gasteiger partial charge in [0.15, 0.2) is 0 Å². The highest BCUT2D eigenvalue weighted by molar-refractivity contribution is 6.31. The maximum atomic E-state index is 11.1. The van der Waals surface area contributed by atoms with E-state index >= 15 is 0 Å². The van der Waals surface area contributed by atoms with Gasteiger partial charge in [-0.2, -0.15) is 0 Å². The Balaban J connectivity index is 1.56. The van der Waals surface area contributed by atoms with Crippen LogP contribution >= 0.6 is 11.6 Å². The minimum absolute atomic E-state index is 0.440. The van der Waals surface area contributed by atoms with E-state index in [0.29, 0.717) is 16.6 Å². The van der Waals surface area contributed by atoms with Gasteiger partial charge in [-0.15, -0.1) is 0 Å². The van der Waals surface area contributed by atoms with Crippen LogP contribution in [0.5, 0.6) is 0 Å². The van der Waals surface area contributed by atoms with Gasteiger partial charge in [-0.25, -0.2) is 0 Å². The first-order valence-electron chi connectivity index (χ1n) is 7.69. The van der Waals surface area contributed by atoms with Gasteiger partial charge in [0.05, 0.1) is 0 Å². The summed E-state index contributed by atoms with van der Waals surface area (Å²) in [5, 5.41) is 4.22. The number of nitrogens with one attached hydrogen (secondary N) is 1. The van der Waals surface area contributed by atoms with Crippen molar-refractivity contribution in [2.24, 2.45) is 5.73 Å². The summed E-state index contributed by atoms with van der Waals surface area (Å²) >= 11 is 6.22. The number of carbonyl (C=O) groups is 1. The molecule has 5 heteroatoms. The summed E-state index contributed by atoms with van der Waals surface area (Å²) in [6.45, 7) is 3.23. The predicted octanol–water partition coefficient (Wildman–Crippen LogP) is 2.16. The van der Waals surface area contributed by atoms with E-state index in [2.05, 4.69) is 10.2 Å². The molecule has 2 atom stereocenters. The van der Waals surface area contributed by atoms with Crippen LogP contribution < -0.4 is 11.1 Å². The number of hydrogen-bond acceptors (Lipinski definition) is 3. The lowest BCUT2D eigenvalue weighted by molar-refractivity contribution is 0.100. The van der Waals surface area contributed by atoms with Crippen molar-refractivity contribution in [3.8, 4) is 0 Å². The van der Waals surface area contributed by atoms with Gasteiger partial charge in [0.2, 0.25) is 5.91 Å². The molecule has 2 aliphatic heterocycles. The lowest BCUT2D eigenvalue weighted by atomic mass is 9.97. The van der Waals surface area contributed by atoms with E-state index in [0.717, 1.165) is 18.2 Å². The molecule has 1 amide bonds. The van der Waals surface area contributed by atoms with E-state index < -0.39 is 5.91 Å². The third kappa shape index (κ3) is 3.39. The van der Waals surface area contributed by atoms with Crippen LogP contribution in [-0.4, -0.2) is 36.0 Å². The van der Waals surface area contributed by atoms with Crippen LogP contribution in [0.2, 0.25) is 5.02 Å². The zero-order chi connectivity index (χ0) is 14.8. The maximum absolute atomic E-state index is 11.1. The first-order chi connectivity index (χ1) is 10.1. The van der Waals surface area contributed by atoms with Crippen LogP contribution in [0, 0.1) is 0 Å². The second-order valence-electron chi connectivity index (χ2n) is 6.10. The zero-order valence-corrected chi connectivity index (χ0v) is 12.9. The summed E-state index contributed by atoms with van der Waals surface area (Å²) in [5.74, 6) is -0.440. The number of primary amides is 1. The minimum atomic E-state index is -0.440. The molecule has 2 fully saturated rings. The average Bonchev–Trinajstić information content (AvgIpc) is 2.93. The highest BCUT2D eigenvalue weighted by Crippen LogP contribution is 2.27. The summed E-state index contributed by atoms with van der Waals surface area (Å²) < 4.78 is 0. The molecule has 0 bridgehead atoms. The standard InChI is InChI=1S/C16H22ClN3O/c17-15-8-11(16(18)21)3-4-12(15)10-19-13-5-7-20-6-1-2-14(20)9-13/h3-4,8,13-14,19H,1-2,5-7,9-10H2,(H2,18,21). The maximum Gasteiger partial charge on any atom is 0.248 e. The van der Waals surface area contributed by atoms with Gasteiger partial charge in [0, 0.05) is 29.2 Å². The number of carbonyl (C=O) groups excluding carboxylic acids is 1. The molecule has 3 rings (SSSR count). The van der Waals surface area contributed by atoms with Crippen LogP contribution in [0.15, 0.2) is 18.2 Å². The molecule has 21 heavy (non-hydrogen) atoms. The summed E-state index contributed by atoms with van der Waals surface area (Å²) in [4.78, 5) is 13.7. The number of hydrogen-bond donors (Lipinski definition) is 2. The van der Waals surface area contributed by atoms with Crippen molar-refractivity contribution in [2.45, 2.75) is 44.3 Å². The zero-order valence-electron chi connectivity index (χ0n) is 12.1. The Labute approximate surface area is 130 Å². The summed E-state index contributed by atoms with van der Waals surface area (Å²) in [6, 6.07) is 6.62. The van der Waals surface area contributed by atoms with Gasteiger partial charge < -0.3 is 16.0 Å². The van der Waals surface area contributed by atoms with E-state index in [1.807, 2.05) is 6.07 Å². The Morgan fingerprint density at radius 2 is 2.24 bits per heavy atom. The largest absolute Gasteiger partial charge is 0.366 e. The number of nitrogens with zero attached hydrogens (tertiary/aromatic N) is 1. The summed E-state index contributed by atoms with van der Waals surface area (Å²) in [7, 11) is 0. The average molecular weight is 308 g/mol. The molecule has 0 radical (unpaired) electrons. The smallest absolute Gasteiger partial charge is 0.248 e. The van der Waals surface area contributed by atoms with Crippen molar-refractivity contribution in [1.82, 2.24) is 10.2 Å². The molecule has 0 aromatic heterocycles. The van der Waals surface area contributed by atoms with Crippen LogP contribution in [0.25, 0.3) is 0 Å². The van der Waals surface area contributed by atoms with Crippen molar-refractivity contribution in [3.05, 3.63) is 34.3 Å². The predicted molar refractivity (Wildman–Crippen MR) is 84.4 cm³/mol. The lowest BCUT2D eigenvalue weighted by Crippen LogP contribution is -2.45. The topological polar surface area (TPSA) is 58.4 Å². The molecular weight excluding hydrogens is 286 g/mol. The molecule has 0 aliphatic carbocycles. The minimum Gasteiger partial charge on any atom is -0.366 e. The first kappa shape index (κ1) is 14.8. The van der Waals surface area contributed by atoms with Crippen LogP contribution in [0.4, 0.5) is 0 Å². The molecule has 1 aromatic rings. The van der Waals surface area contributed by atoms with Gasteiger partial charge in [0.25, 0.3) is 0 Å². The number of nitrogens with two attached hydrogens (primary N) is 1. The molecule has 2 heterocycles. The molecule has 3 N–H and O–H groups in total. The number of fused-ring (bicyclic) bond motifs is 1. The molecule has 2 unspecified atom stereocenters. The number of benzene rings is 1. The number of rotatable bonds is 4. The molecule has 1 aromatic carbocycles. The number of piperidine rings is 1. The van der Waals surface area contributed by atoms with Crippen molar-refractivity contribution < 1.29 is 4.79 Å². The van der Waals surface area contributed by atoms with Crippen LogP contribution in [-0.2, 0) is 6.54 Å². The van der Waals surface area contributed by atoms with Gasteiger partial charge in [-0.05, 0) is 56.5 Å². The molecular formula is C16H22ClN3O. The molecule has 114 valence electrons. The Hall–Kier alpha value is -1.10. The van der Waals surface area contributed by atoms with Crippen molar-refractivity contribution in [3.63, 3.8) is 0 Å². The fourth-order valence-corrected chi connectivity index (χ4v) is 3.76. The third-order valence-corrected chi connectivity index (χ3v) is 5.09. The first-order valence-corrected chi connectivity index (χ1v) is 8.07. The van der Waals surface area contributed by atoms with Gasteiger partial charge in [-0.1, -0.05) is 17.7 Å². The molecule has 2 saturated heterocycles. The summed E-state index contributed by atoms with van der Waals surface area (Å²) in [6.07, 6.45) is 5.12.